The second-order valence-electron chi connectivity index (χ2n) is 9.77. The zero-order chi connectivity index (χ0) is 24.2. The van der Waals surface area contributed by atoms with Crippen LogP contribution in [-0.4, -0.2) is 83.5 Å². The van der Waals surface area contributed by atoms with Crippen LogP contribution in [0.15, 0.2) is 31.0 Å². The Labute approximate surface area is 202 Å². The van der Waals surface area contributed by atoms with Gasteiger partial charge in [-0.2, -0.15) is 10.1 Å². The van der Waals surface area contributed by atoms with Gasteiger partial charge >= 0.3 is 0 Å². The Hall–Kier alpha value is -3.53. The SMILES string of the molecule is C=CC(=O)N1CC2(CCN(c3nc(N4CCOCC4)nc(-c4c(C)ccc5[nH]ncc45)c3F)C2)C1. The van der Waals surface area contributed by atoms with Crippen molar-refractivity contribution in [1.82, 2.24) is 25.1 Å². The molecule has 1 aromatic carbocycles. The molecule has 0 atom stereocenters. The average molecular weight is 478 g/mol. The highest BCUT2D eigenvalue weighted by Crippen LogP contribution is 2.43. The van der Waals surface area contributed by atoms with Crippen LogP contribution >= 0.6 is 0 Å². The lowest BCUT2D eigenvalue weighted by Gasteiger charge is -2.47. The van der Waals surface area contributed by atoms with E-state index in [9.17, 15) is 4.79 Å². The molecule has 0 bridgehead atoms. The Morgan fingerprint density at radius 2 is 1.97 bits per heavy atom. The minimum atomic E-state index is -0.422. The number of hydrogen-bond acceptors (Lipinski definition) is 7. The molecule has 10 heteroatoms. The van der Waals surface area contributed by atoms with Crippen molar-refractivity contribution in [3.63, 3.8) is 0 Å². The molecule has 6 rings (SSSR count). The summed E-state index contributed by atoms with van der Waals surface area (Å²) in [7, 11) is 0. The van der Waals surface area contributed by atoms with E-state index >= 15 is 4.39 Å². The molecule has 0 saturated carbocycles. The van der Waals surface area contributed by atoms with Crippen molar-refractivity contribution in [2.24, 2.45) is 5.41 Å². The lowest BCUT2D eigenvalue weighted by atomic mass is 9.79. The molecule has 0 unspecified atom stereocenters. The lowest BCUT2D eigenvalue weighted by Crippen LogP contribution is -2.59. The van der Waals surface area contributed by atoms with Crippen LogP contribution in [0.25, 0.3) is 22.2 Å². The fourth-order valence-electron chi connectivity index (χ4n) is 5.57. The predicted octanol–water partition coefficient (Wildman–Crippen LogP) is 2.53. The van der Waals surface area contributed by atoms with Crippen LogP contribution in [0.4, 0.5) is 16.2 Å². The van der Waals surface area contributed by atoms with E-state index in [4.69, 9.17) is 14.7 Å². The van der Waals surface area contributed by atoms with E-state index in [0.717, 1.165) is 28.5 Å². The van der Waals surface area contributed by atoms with Gasteiger partial charge in [0.15, 0.2) is 11.6 Å². The van der Waals surface area contributed by atoms with Crippen LogP contribution < -0.4 is 9.80 Å². The molecule has 1 N–H and O–H groups in total. The summed E-state index contributed by atoms with van der Waals surface area (Å²) in [5, 5.41) is 7.98. The van der Waals surface area contributed by atoms with Gasteiger partial charge in [-0.05, 0) is 31.1 Å². The maximum Gasteiger partial charge on any atom is 0.245 e. The average Bonchev–Trinajstić information content (AvgIpc) is 3.51. The number of amides is 1. The van der Waals surface area contributed by atoms with Gasteiger partial charge < -0.3 is 19.4 Å². The number of H-pyrrole nitrogens is 1. The van der Waals surface area contributed by atoms with Gasteiger partial charge in [0.2, 0.25) is 11.9 Å². The molecule has 1 amide bonds. The number of morpholine rings is 1. The van der Waals surface area contributed by atoms with Gasteiger partial charge in [-0.15, -0.1) is 0 Å². The number of benzene rings is 1. The van der Waals surface area contributed by atoms with Gasteiger partial charge in [0.1, 0.15) is 5.69 Å². The minimum absolute atomic E-state index is 0.0319. The number of hydrogen-bond donors (Lipinski definition) is 1. The number of carbonyl (C=O) groups excluding carboxylic acids is 1. The number of likely N-dealkylation sites (tertiary alicyclic amines) is 1. The molecule has 2 aromatic heterocycles. The van der Waals surface area contributed by atoms with Crippen LogP contribution in [0.3, 0.4) is 0 Å². The molecule has 3 saturated heterocycles. The Morgan fingerprint density at radius 3 is 2.74 bits per heavy atom. The Balaban J connectivity index is 1.42. The summed E-state index contributed by atoms with van der Waals surface area (Å²) < 4.78 is 21.8. The molecular formula is C25H28FN7O2. The number of aromatic nitrogens is 4. The first-order chi connectivity index (χ1) is 17.0. The molecule has 9 nitrogen and oxygen atoms in total. The third-order valence-electron chi connectivity index (χ3n) is 7.46. The summed E-state index contributed by atoms with van der Waals surface area (Å²) in [5.74, 6) is 0.358. The highest BCUT2D eigenvalue weighted by Gasteiger charge is 2.49. The maximum absolute atomic E-state index is 16.3. The number of anilines is 2. The smallest absolute Gasteiger partial charge is 0.245 e. The standard InChI is InChI=1S/C25H28FN7O2/c1-3-19(34)33-14-25(15-33)6-7-32(13-25)23-21(26)22(28-24(29-23)31-8-10-35-11-9-31)20-16(2)4-5-18-17(20)12-27-30-18/h3-5,12H,1,6-11,13-15H2,2H3,(H,27,30). The number of aryl methyl sites for hydroxylation is 1. The number of aromatic amines is 1. The third-order valence-corrected chi connectivity index (χ3v) is 7.46. The van der Waals surface area contributed by atoms with Crippen molar-refractivity contribution in [2.45, 2.75) is 13.3 Å². The number of fused-ring (bicyclic) bond motifs is 1. The summed E-state index contributed by atoms with van der Waals surface area (Å²) >= 11 is 0. The molecule has 3 aromatic rings. The molecule has 0 aliphatic carbocycles. The number of rotatable bonds is 4. The fourth-order valence-corrected chi connectivity index (χ4v) is 5.57. The summed E-state index contributed by atoms with van der Waals surface area (Å²) in [5.41, 5.74) is 2.74. The van der Waals surface area contributed by atoms with Gasteiger partial charge in [-0.1, -0.05) is 12.6 Å². The topological polar surface area (TPSA) is 90.5 Å². The molecular weight excluding hydrogens is 449 g/mol. The number of nitrogens with one attached hydrogen (secondary N) is 1. The van der Waals surface area contributed by atoms with E-state index in [2.05, 4.69) is 21.7 Å². The van der Waals surface area contributed by atoms with E-state index in [0.29, 0.717) is 69.9 Å². The van der Waals surface area contributed by atoms with E-state index in [1.807, 2.05) is 24.0 Å². The molecule has 0 radical (unpaired) electrons. The van der Waals surface area contributed by atoms with Crippen LogP contribution in [0.2, 0.25) is 0 Å². The summed E-state index contributed by atoms with van der Waals surface area (Å²) in [6, 6.07) is 3.90. The molecule has 35 heavy (non-hydrogen) atoms. The molecule has 182 valence electrons. The van der Waals surface area contributed by atoms with Crippen LogP contribution in [-0.2, 0) is 9.53 Å². The number of nitrogens with zero attached hydrogens (tertiary/aromatic N) is 6. The predicted molar refractivity (Wildman–Crippen MR) is 131 cm³/mol. The van der Waals surface area contributed by atoms with Crippen molar-refractivity contribution in [3.05, 3.63) is 42.4 Å². The van der Waals surface area contributed by atoms with Crippen molar-refractivity contribution >= 4 is 28.6 Å². The van der Waals surface area contributed by atoms with E-state index in [1.54, 1.807) is 11.1 Å². The van der Waals surface area contributed by atoms with E-state index < -0.39 is 5.82 Å². The van der Waals surface area contributed by atoms with Crippen molar-refractivity contribution in [3.8, 4) is 11.3 Å². The second kappa shape index (κ2) is 8.30. The van der Waals surface area contributed by atoms with Crippen molar-refractivity contribution in [1.29, 1.82) is 0 Å². The summed E-state index contributed by atoms with van der Waals surface area (Å²) in [6.45, 7) is 10.7. The third kappa shape index (κ3) is 3.63. The zero-order valence-electron chi connectivity index (χ0n) is 19.8. The first-order valence-electron chi connectivity index (χ1n) is 12.0. The van der Waals surface area contributed by atoms with Gasteiger partial charge in [-0.3, -0.25) is 9.89 Å². The maximum atomic E-state index is 16.3. The first-order valence-corrected chi connectivity index (χ1v) is 12.0. The number of carbonyl (C=O) groups is 1. The normalized spacial score (nSPS) is 19.4. The number of halogens is 1. The first kappa shape index (κ1) is 22.0. The van der Waals surface area contributed by atoms with Gasteiger partial charge in [-0.25, -0.2) is 9.37 Å². The molecule has 1 spiro atoms. The van der Waals surface area contributed by atoms with Gasteiger partial charge in [0, 0.05) is 55.6 Å². The lowest BCUT2D eigenvalue weighted by molar-refractivity contribution is -0.136. The Bertz CT molecular complexity index is 1310. The zero-order valence-corrected chi connectivity index (χ0v) is 19.8. The van der Waals surface area contributed by atoms with Crippen LogP contribution in [0.5, 0.6) is 0 Å². The molecule has 5 heterocycles. The number of ether oxygens (including phenoxy) is 1. The fraction of sp³-hybridized carbons (Fsp3) is 0.440. The minimum Gasteiger partial charge on any atom is -0.378 e. The van der Waals surface area contributed by atoms with Crippen LogP contribution in [0, 0.1) is 18.2 Å². The second-order valence-corrected chi connectivity index (χ2v) is 9.77. The van der Waals surface area contributed by atoms with Crippen molar-refractivity contribution in [2.75, 3.05) is 62.3 Å². The molecule has 3 fully saturated rings. The molecule has 3 aliphatic heterocycles. The van der Waals surface area contributed by atoms with E-state index in [1.165, 1.54) is 6.08 Å². The van der Waals surface area contributed by atoms with Crippen molar-refractivity contribution < 1.29 is 13.9 Å². The molecule has 3 aliphatic rings. The highest BCUT2D eigenvalue weighted by molar-refractivity contribution is 5.96. The summed E-state index contributed by atoms with van der Waals surface area (Å²) in [6.07, 6.45) is 3.96. The monoisotopic (exact) mass is 477 g/mol. The quantitative estimate of drug-likeness (QED) is 0.578. The highest BCUT2D eigenvalue weighted by atomic mass is 19.1. The summed E-state index contributed by atoms with van der Waals surface area (Å²) in [4.78, 5) is 27.3. The van der Waals surface area contributed by atoms with Gasteiger partial charge in [0.25, 0.3) is 0 Å². The van der Waals surface area contributed by atoms with E-state index in [-0.39, 0.29) is 11.3 Å². The Kier molecular flexibility index (Phi) is 5.21. The largest absolute Gasteiger partial charge is 0.378 e. The Morgan fingerprint density at radius 1 is 1.17 bits per heavy atom. The van der Waals surface area contributed by atoms with Crippen LogP contribution in [0.1, 0.15) is 12.0 Å². The van der Waals surface area contributed by atoms with Gasteiger partial charge in [0.05, 0.1) is 24.9 Å².